The number of carbonyl (C=O) groups is 2. The summed E-state index contributed by atoms with van der Waals surface area (Å²) in [5.74, 6) is -0.797. The number of hydrogen-bond acceptors (Lipinski definition) is 4. The third kappa shape index (κ3) is 7.75. The molecule has 39 heavy (non-hydrogen) atoms. The molecule has 0 aliphatic carbocycles. The predicted molar refractivity (Wildman–Crippen MR) is 157 cm³/mol. The Morgan fingerprint density at radius 3 is 2.18 bits per heavy atom. The van der Waals surface area contributed by atoms with Crippen molar-refractivity contribution in [1.29, 1.82) is 0 Å². The molecule has 0 spiro atoms. The molecule has 0 radical (unpaired) electrons. The van der Waals surface area contributed by atoms with Crippen LogP contribution < -0.4 is 9.62 Å². The smallest absolute Gasteiger partial charge is 0.264 e. The number of amides is 2. The van der Waals surface area contributed by atoms with Gasteiger partial charge in [-0.2, -0.15) is 0 Å². The van der Waals surface area contributed by atoms with Crippen LogP contribution >= 0.6 is 23.2 Å². The average Bonchev–Trinajstić information content (AvgIpc) is 2.92. The van der Waals surface area contributed by atoms with Gasteiger partial charge in [0.25, 0.3) is 10.0 Å². The second-order valence-corrected chi connectivity index (χ2v) is 11.7. The summed E-state index contributed by atoms with van der Waals surface area (Å²) < 4.78 is 28.7. The molecule has 0 saturated heterocycles. The molecule has 0 aliphatic heterocycles. The number of hydrogen-bond donors (Lipinski definition) is 1. The average molecular weight is 591 g/mol. The molecular weight excluding hydrogens is 557 g/mol. The number of carbonyl (C=O) groups excluding carboxylic acids is 2. The minimum Gasteiger partial charge on any atom is -0.355 e. The summed E-state index contributed by atoms with van der Waals surface area (Å²) in [6.45, 7) is 5.60. The van der Waals surface area contributed by atoms with E-state index in [1.54, 1.807) is 19.1 Å². The van der Waals surface area contributed by atoms with E-state index in [0.717, 1.165) is 15.4 Å². The fourth-order valence-electron chi connectivity index (χ4n) is 4.19. The van der Waals surface area contributed by atoms with E-state index in [9.17, 15) is 18.0 Å². The zero-order valence-corrected chi connectivity index (χ0v) is 24.6. The second kappa shape index (κ2) is 13.8. The molecule has 1 atom stereocenters. The lowest BCUT2D eigenvalue weighted by molar-refractivity contribution is -0.139. The van der Waals surface area contributed by atoms with Crippen molar-refractivity contribution in [2.45, 2.75) is 44.6 Å². The van der Waals surface area contributed by atoms with Gasteiger partial charge >= 0.3 is 0 Å². The molecule has 0 bridgehead atoms. The molecule has 7 nitrogen and oxygen atoms in total. The lowest BCUT2D eigenvalue weighted by Crippen LogP contribution is -2.53. The third-order valence-electron chi connectivity index (χ3n) is 6.30. The first-order valence-electron chi connectivity index (χ1n) is 12.7. The Morgan fingerprint density at radius 2 is 1.59 bits per heavy atom. The Bertz CT molecular complexity index is 1380. The molecule has 0 aromatic heterocycles. The van der Waals surface area contributed by atoms with Crippen LogP contribution in [0, 0.1) is 6.92 Å². The van der Waals surface area contributed by atoms with E-state index >= 15 is 0 Å². The van der Waals surface area contributed by atoms with Crippen molar-refractivity contribution in [2.24, 2.45) is 0 Å². The minimum absolute atomic E-state index is 0.0265. The number of nitrogens with one attached hydrogen (secondary N) is 1. The quantitative estimate of drug-likeness (QED) is 0.303. The van der Waals surface area contributed by atoms with Gasteiger partial charge in [-0.25, -0.2) is 8.42 Å². The number of anilines is 1. The van der Waals surface area contributed by atoms with Crippen molar-refractivity contribution in [3.8, 4) is 0 Å². The first kappa shape index (κ1) is 30.5. The molecule has 3 rings (SSSR count). The van der Waals surface area contributed by atoms with E-state index in [2.05, 4.69) is 5.32 Å². The third-order valence-corrected chi connectivity index (χ3v) is 8.83. The Morgan fingerprint density at radius 1 is 0.923 bits per heavy atom. The van der Waals surface area contributed by atoms with E-state index in [4.69, 9.17) is 23.2 Å². The van der Waals surface area contributed by atoms with Gasteiger partial charge in [0.2, 0.25) is 11.8 Å². The highest BCUT2D eigenvalue weighted by Crippen LogP contribution is 2.31. The molecule has 3 aromatic carbocycles. The molecular formula is C29H33Cl2N3O4S. The van der Waals surface area contributed by atoms with Gasteiger partial charge in [-0.1, -0.05) is 78.2 Å². The number of aryl methyl sites for hydroxylation is 1. The van der Waals surface area contributed by atoms with Crippen LogP contribution in [0.25, 0.3) is 0 Å². The van der Waals surface area contributed by atoms with Crippen molar-refractivity contribution < 1.29 is 18.0 Å². The van der Waals surface area contributed by atoms with Crippen molar-refractivity contribution in [3.05, 3.63) is 94.0 Å². The predicted octanol–water partition coefficient (Wildman–Crippen LogP) is 5.48. The van der Waals surface area contributed by atoms with Crippen LogP contribution in [0.5, 0.6) is 0 Å². The van der Waals surface area contributed by atoms with Gasteiger partial charge in [0.1, 0.15) is 12.6 Å². The highest BCUT2D eigenvalue weighted by Gasteiger charge is 2.33. The van der Waals surface area contributed by atoms with Crippen LogP contribution in [0.2, 0.25) is 10.0 Å². The maximum atomic E-state index is 13.9. The van der Waals surface area contributed by atoms with Crippen molar-refractivity contribution >= 4 is 50.7 Å². The fraction of sp³-hybridized carbons (Fsp3) is 0.310. The molecule has 0 unspecified atom stereocenters. The lowest BCUT2D eigenvalue weighted by Gasteiger charge is -2.33. The zero-order chi connectivity index (χ0) is 28.6. The van der Waals surface area contributed by atoms with E-state index in [0.29, 0.717) is 19.4 Å². The van der Waals surface area contributed by atoms with Crippen molar-refractivity contribution in [3.63, 3.8) is 0 Å². The molecule has 2 amide bonds. The number of rotatable bonds is 12. The van der Waals surface area contributed by atoms with Gasteiger partial charge < -0.3 is 10.2 Å². The fourth-order valence-corrected chi connectivity index (χ4v) is 5.89. The lowest BCUT2D eigenvalue weighted by atomic mass is 10.1. The molecule has 208 valence electrons. The van der Waals surface area contributed by atoms with Gasteiger partial charge in [0.05, 0.1) is 20.6 Å². The van der Waals surface area contributed by atoms with E-state index in [1.807, 2.05) is 44.2 Å². The van der Waals surface area contributed by atoms with Crippen LogP contribution in [-0.4, -0.2) is 50.8 Å². The van der Waals surface area contributed by atoms with Gasteiger partial charge in [-0.05, 0) is 62.6 Å². The highest BCUT2D eigenvalue weighted by molar-refractivity contribution is 7.92. The largest absolute Gasteiger partial charge is 0.355 e. The normalized spacial score (nSPS) is 12.0. The van der Waals surface area contributed by atoms with Crippen LogP contribution in [0.4, 0.5) is 5.69 Å². The summed E-state index contributed by atoms with van der Waals surface area (Å²) in [6.07, 6.45) is 0.865. The van der Waals surface area contributed by atoms with E-state index in [-0.39, 0.29) is 33.1 Å². The summed E-state index contributed by atoms with van der Waals surface area (Å²) in [5.41, 5.74) is 2.08. The standard InChI is InChI=1S/C29H33Cl2N3O4S/c1-4-27(29(36)32-5-2)33(18-17-22-9-7-6-8-10-22)28(35)20-34(23-13-16-25(30)26(31)19-23)39(37,38)24-14-11-21(3)12-15-24/h6-16,19,27H,4-5,17-18,20H2,1-3H3,(H,32,36)/t27-/m0/s1. The zero-order valence-electron chi connectivity index (χ0n) is 22.2. The maximum Gasteiger partial charge on any atom is 0.264 e. The Kier molecular flexibility index (Phi) is 10.8. The molecule has 0 heterocycles. The molecule has 1 N–H and O–H groups in total. The van der Waals surface area contributed by atoms with Crippen LogP contribution in [0.15, 0.2) is 77.7 Å². The number of likely N-dealkylation sites (N-methyl/N-ethyl adjacent to an activating group) is 1. The topological polar surface area (TPSA) is 86.8 Å². The Hall–Kier alpha value is -3.07. The van der Waals surface area contributed by atoms with Gasteiger partial charge in [0.15, 0.2) is 0 Å². The van der Waals surface area contributed by atoms with Crippen molar-refractivity contribution in [2.75, 3.05) is 23.9 Å². The molecule has 0 fully saturated rings. The summed E-state index contributed by atoms with van der Waals surface area (Å²) in [6, 6.07) is 19.6. The van der Waals surface area contributed by atoms with Gasteiger partial charge in [0, 0.05) is 13.1 Å². The summed E-state index contributed by atoms with van der Waals surface area (Å²) in [5, 5.41) is 3.20. The summed E-state index contributed by atoms with van der Waals surface area (Å²) in [4.78, 5) is 28.4. The molecule has 3 aromatic rings. The van der Waals surface area contributed by atoms with Crippen LogP contribution in [0.3, 0.4) is 0 Å². The summed E-state index contributed by atoms with van der Waals surface area (Å²) >= 11 is 12.3. The number of nitrogens with zero attached hydrogens (tertiary/aromatic N) is 2. The second-order valence-electron chi connectivity index (χ2n) is 9.06. The first-order valence-corrected chi connectivity index (χ1v) is 14.9. The molecule has 0 saturated carbocycles. The van der Waals surface area contributed by atoms with Crippen molar-refractivity contribution in [1.82, 2.24) is 10.2 Å². The number of benzene rings is 3. The monoisotopic (exact) mass is 589 g/mol. The van der Waals surface area contributed by atoms with Gasteiger partial charge in [-0.3, -0.25) is 13.9 Å². The molecule has 0 aliphatic rings. The Labute approximate surface area is 240 Å². The molecule has 10 heteroatoms. The SMILES string of the molecule is CCNC(=O)[C@H](CC)N(CCc1ccccc1)C(=O)CN(c1ccc(Cl)c(Cl)c1)S(=O)(=O)c1ccc(C)cc1. The maximum absolute atomic E-state index is 13.9. The van der Waals surface area contributed by atoms with E-state index < -0.39 is 28.5 Å². The first-order chi connectivity index (χ1) is 18.6. The van der Waals surface area contributed by atoms with E-state index in [1.165, 1.54) is 35.2 Å². The number of sulfonamides is 1. The van der Waals surface area contributed by atoms with Crippen LogP contribution in [-0.2, 0) is 26.0 Å². The number of halogens is 2. The summed E-state index contributed by atoms with van der Waals surface area (Å²) in [7, 11) is -4.18. The Balaban J connectivity index is 2.03. The van der Waals surface area contributed by atoms with Crippen LogP contribution in [0.1, 0.15) is 31.4 Å². The highest BCUT2D eigenvalue weighted by atomic mass is 35.5. The van der Waals surface area contributed by atoms with Gasteiger partial charge in [-0.15, -0.1) is 0 Å². The minimum atomic E-state index is -4.18.